The van der Waals surface area contributed by atoms with Gasteiger partial charge in [0.25, 0.3) is 10.0 Å². The van der Waals surface area contributed by atoms with Gasteiger partial charge in [-0.15, -0.1) is 0 Å². The van der Waals surface area contributed by atoms with Gasteiger partial charge in [0.2, 0.25) is 0 Å². The summed E-state index contributed by atoms with van der Waals surface area (Å²) in [5.74, 6) is 5.64. The summed E-state index contributed by atoms with van der Waals surface area (Å²) in [4.78, 5) is 6.03. The van der Waals surface area contributed by atoms with Crippen molar-refractivity contribution in [3.05, 3.63) is 18.3 Å². The largest absolute Gasteiger partial charge is 0.321 e. The van der Waals surface area contributed by atoms with Crippen LogP contribution in [0.1, 0.15) is 6.92 Å². The van der Waals surface area contributed by atoms with E-state index in [2.05, 4.69) is 22.2 Å². The molecular weight excluding hydrogens is 278 g/mol. The van der Waals surface area contributed by atoms with Crippen LogP contribution in [-0.4, -0.2) is 55.8 Å². The van der Waals surface area contributed by atoms with Crippen LogP contribution >= 0.6 is 0 Å². The van der Waals surface area contributed by atoms with Crippen LogP contribution in [0.2, 0.25) is 0 Å². The maximum atomic E-state index is 12.7. The third-order valence-corrected chi connectivity index (χ3v) is 5.51. The van der Waals surface area contributed by atoms with Crippen LogP contribution in [0.4, 0.5) is 5.69 Å². The molecule has 0 aliphatic carbocycles. The third-order valence-electron chi connectivity index (χ3n) is 3.71. The number of hydrazine groups is 1. The molecule has 1 aromatic heterocycles. The Bertz CT molecular complexity index is 575. The molecule has 20 heavy (non-hydrogen) atoms. The Morgan fingerprint density at radius 3 is 2.70 bits per heavy atom. The number of hydrogen-bond acceptors (Lipinski definition) is 6. The zero-order valence-corrected chi connectivity index (χ0v) is 12.8. The van der Waals surface area contributed by atoms with Gasteiger partial charge in [-0.3, -0.25) is 5.84 Å². The third kappa shape index (κ3) is 2.64. The molecule has 0 bridgehead atoms. The van der Waals surface area contributed by atoms with Crippen LogP contribution < -0.4 is 11.3 Å². The van der Waals surface area contributed by atoms with Gasteiger partial charge in [0.05, 0.1) is 5.69 Å². The van der Waals surface area contributed by atoms with Crippen LogP contribution in [0, 0.1) is 5.92 Å². The molecule has 7 nitrogen and oxygen atoms in total. The fourth-order valence-corrected chi connectivity index (χ4v) is 4.23. The van der Waals surface area contributed by atoms with Crippen molar-refractivity contribution < 1.29 is 8.42 Å². The Morgan fingerprint density at radius 1 is 1.45 bits per heavy atom. The average Bonchev–Trinajstić information content (AvgIpc) is 2.81. The Hall–Kier alpha value is -1.22. The zero-order valence-electron chi connectivity index (χ0n) is 11.9. The summed E-state index contributed by atoms with van der Waals surface area (Å²) in [7, 11) is 0.299. The van der Waals surface area contributed by atoms with Crippen LogP contribution in [0.25, 0.3) is 0 Å². The summed E-state index contributed by atoms with van der Waals surface area (Å²) >= 11 is 0. The SMILES string of the molecule is CC1CN(S(=O)(=O)c2ncccc2NN)CC1N(C)C. The number of anilines is 1. The first-order valence-corrected chi connectivity index (χ1v) is 7.90. The number of nitrogen functional groups attached to an aromatic ring is 1. The van der Waals surface area contributed by atoms with Crippen molar-refractivity contribution in [2.24, 2.45) is 11.8 Å². The smallest absolute Gasteiger partial charge is 0.262 e. The lowest BCUT2D eigenvalue weighted by atomic mass is 10.1. The number of rotatable bonds is 4. The van der Waals surface area contributed by atoms with Crippen molar-refractivity contribution in [1.29, 1.82) is 0 Å². The summed E-state index contributed by atoms with van der Waals surface area (Å²) in [5, 5.41) is -0.0193. The van der Waals surface area contributed by atoms with E-state index in [1.807, 2.05) is 14.1 Å². The molecule has 112 valence electrons. The van der Waals surface area contributed by atoms with Crippen molar-refractivity contribution in [3.63, 3.8) is 0 Å². The normalized spacial score (nSPS) is 24.2. The molecule has 1 aromatic rings. The molecule has 8 heteroatoms. The van der Waals surface area contributed by atoms with Gasteiger partial charge >= 0.3 is 0 Å². The summed E-state index contributed by atoms with van der Waals surface area (Å²) in [5.41, 5.74) is 2.70. The number of sulfonamides is 1. The Balaban J connectivity index is 2.33. The summed E-state index contributed by atoms with van der Waals surface area (Å²) in [6.45, 7) is 3.02. The standard InChI is InChI=1S/C12H21N5O2S/c1-9-7-17(8-11(9)16(2)3)20(18,19)12-10(15-13)5-4-6-14-12/h4-6,9,11,15H,7-8,13H2,1-3H3. The maximum Gasteiger partial charge on any atom is 0.262 e. The Kier molecular flexibility index (Phi) is 4.28. The molecule has 0 amide bonds. The number of nitrogens with one attached hydrogen (secondary N) is 1. The lowest BCUT2D eigenvalue weighted by molar-refractivity contribution is 0.263. The number of nitrogens with zero attached hydrogens (tertiary/aromatic N) is 3. The first-order chi connectivity index (χ1) is 9.37. The van der Waals surface area contributed by atoms with Crippen molar-refractivity contribution in [3.8, 4) is 0 Å². The molecule has 0 aromatic carbocycles. The van der Waals surface area contributed by atoms with Gasteiger partial charge < -0.3 is 10.3 Å². The second kappa shape index (κ2) is 5.65. The van der Waals surface area contributed by atoms with Crippen molar-refractivity contribution in [2.45, 2.75) is 18.0 Å². The Labute approximate surface area is 119 Å². The fraction of sp³-hybridized carbons (Fsp3) is 0.583. The van der Waals surface area contributed by atoms with E-state index in [0.29, 0.717) is 18.8 Å². The molecule has 2 heterocycles. The van der Waals surface area contributed by atoms with E-state index in [1.54, 1.807) is 12.1 Å². The van der Waals surface area contributed by atoms with Crippen LogP contribution in [0.5, 0.6) is 0 Å². The molecule has 2 atom stereocenters. The lowest BCUT2D eigenvalue weighted by Gasteiger charge is -2.22. The van der Waals surface area contributed by atoms with Crippen molar-refractivity contribution >= 4 is 15.7 Å². The molecule has 1 fully saturated rings. The molecule has 1 aliphatic heterocycles. The number of pyridine rings is 1. The summed E-state index contributed by atoms with van der Waals surface area (Å²) in [6, 6.07) is 3.45. The van der Waals surface area contributed by atoms with Gasteiger partial charge in [-0.25, -0.2) is 13.4 Å². The number of aromatic nitrogens is 1. The topological polar surface area (TPSA) is 91.6 Å². The molecule has 2 unspecified atom stereocenters. The molecule has 0 spiro atoms. The first-order valence-electron chi connectivity index (χ1n) is 6.46. The zero-order chi connectivity index (χ0) is 14.9. The number of hydrogen-bond donors (Lipinski definition) is 2. The second-order valence-corrected chi connectivity index (χ2v) is 7.18. The van der Waals surface area contributed by atoms with E-state index >= 15 is 0 Å². The minimum atomic E-state index is -3.63. The van der Waals surface area contributed by atoms with Gasteiger partial charge in [-0.05, 0) is 32.1 Å². The minimum Gasteiger partial charge on any atom is -0.321 e. The molecule has 2 rings (SSSR count). The molecule has 0 radical (unpaired) electrons. The molecular formula is C12H21N5O2S. The number of nitrogens with two attached hydrogens (primary N) is 1. The van der Waals surface area contributed by atoms with Crippen molar-refractivity contribution in [2.75, 3.05) is 32.6 Å². The van der Waals surface area contributed by atoms with E-state index in [9.17, 15) is 8.42 Å². The second-order valence-electron chi connectivity index (χ2n) is 5.33. The van der Waals surface area contributed by atoms with Crippen LogP contribution in [0.15, 0.2) is 23.4 Å². The fourth-order valence-electron chi connectivity index (χ4n) is 2.60. The van der Waals surface area contributed by atoms with E-state index in [0.717, 1.165) is 0 Å². The highest BCUT2D eigenvalue weighted by Gasteiger charge is 2.39. The van der Waals surface area contributed by atoms with Crippen LogP contribution in [0.3, 0.4) is 0 Å². The summed E-state index contributed by atoms with van der Waals surface area (Å²) < 4.78 is 26.8. The Morgan fingerprint density at radius 2 is 2.15 bits per heavy atom. The van der Waals surface area contributed by atoms with E-state index in [1.165, 1.54) is 10.5 Å². The molecule has 3 N–H and O–H groups in total. The minimum absolute atomic E-state index is 0.0193. The van der Waals surface area contributed by atoms with E-state index < -0.39 is 10.0 Å². The highest BCUT2D eigenvalue weighted by atomic mass is 32.2. The molecule has 0 saturated carbocycles. The number of likely N-dealkylation sites (N-methyl/N-ethyl adjacent to an activating group) is 1. The quantitative estimate of drug-likeness (QED) is 0.598. The highest BCUT2D eigenvalue weighted by molar-refractivity contribution is 7.89. The van der Waals surface area contributed by atoms with Gasteiger partial charge in [-0.1, -0.05) is 6.92 Å². The van der Waals surface area contributed by atoms with Crippen LogP contribution in [-0.2, 0) is 10.0 Å². The van der Waals surface area contributed by atoms with E-state index in [-0.39, 0.29) is 17.0 Å². The lowest BCUT2D eigenvalue weighted by Crippen LogP contribution is -2.36. The van der Waals surface area contributed by atoms with E-state index in [4.69, 9.17) is 5.84 Å². The van der Waals surface area contributed by atoms with Gasteiger partial charge in [-0.2, -0.15) is 4.31 Å². The average molecular weight is 299 g/mol. The molecule has 1 saturated heterocycles. The predicted octanol–water partition coefficient (Wildman–Crippen LogP) is -0.0622. The van der Waals surface area contributed by atoms with Gasteiger partial charge in [0.1, 0.15) is 0 Å². The highest BCUT2D eigenvalue weighted by Crippen LogP contribution is 2.28. The van der Waals surface area contributed by atoms with Crippen molar-refractivity contribution in [1.82, 2.24) is 14.2 Å². The monoisotopic (exact) mass is 299 g/mol. The maximum absolute atomic E-state index is 12.7. The summed E-state index contributed by atoms with van der Waals surface area (Å²) in [6.07, 6.45) is 1.46. The molecule has 1 aliphatic rings. The first kappa shape index (κ1) is 15.2. The predicted molar refractivity (Wildman–Crippen MR) is 77.4 cm³/mol. The van der Waals surface area contributed by atoms with Gasteiger partial charge in [0.15, 0.2) is 5.03 Å². The van der Waals surface area contributed by atoms with Gasteiger partial charge in [0, 0.05) is 25.3 Å².